The summed E-state index contributed by atoms with van der Waals surface area (Å²) in [6.45, 7) is 0. The van der Waals surface area contributed by atoms with Crippen LogP contribution in [-0.4, -0.2) is 9.13 Å². The van der Waals surface area contributed by atoms with Gasteiger partial charge in [-0.05, 0) is 58.8 Å². The van der Waals surface area contributed by atoms with Crippen LogP contribution in [0.5, 0.6) is 0 Å². The predicted molar refractivity (Wildman–Crippen MR) is 167 cm³/mol. The summed E-state index contributed by atoms with van der Waals surface area (Å²) in [4.78, 5) is 0. The molecule has 0 saturated carbocycles. The molecule has 45 heavy (non-hydrogen) atoms. The van der Waals surface area contributed by atoms with Crippen LogP contribution < -0.4 is 0 Å². The zero-order valence-corrected chi connectivity index (χ0v) is 25.6. The molecule has 0 spiro atoms. The molecule has 2 aliphatic rings. The molecular formula is C38H26F4N2Ti. The number of fused-ring (bicyclic) bond motifs is 2. The molecule has 0 saturated heterocycles. The second-order valence-electron chi connectivity index (χ2n) is 9.51. The van der Waals surface area contributed by atoms with E-state index in [1.807, 2.05) is 97.1 Å². The molecule has 2 aromatic heterocycles. The normalized spacial score (nSPS) is 12.2. The van der Waals surface area contributed by atoms with E-state index < -0.39 is 23.3 Å². The van der Waals surface area contributed by atoms with E-state index in [0.29, 0.717) is 11.4 Å². The number of rotatable bonds is 2. The number of halogens is 4. The first kappa shape index (κ1) is 33.3. The van der Waals surface area contributed by atoms with E-state index in [1.54, 1.807) is 21.5 Å². The van der Waals surface area contributed by atoms with E-state index in [-0.39, 0.29) is 21.7 Å². The first-order valence-corrected chi connectivity index (χ1v) is 13.8. The van der Waals surface area contributed by atoms with Crippen LogP contribution >= 0.6 is 0 Å². The predicted octanol–water partition coefficient (Wildman–Crippen LogP) is 10.0. The molecule has 0 N–H and O–H groups in total. The average molecular weight is 634 g/mol. The summed E-state index contributed by atoms with van der Waals surface area (Å²) in [5.41, 5.74) is 2.36. The second-order valence-corrected chi connectivity index (χ2v) is 9.51. The Morgan fingerprint density at radius 2 is 0.933 bits per heavy atom. The minimum absolute atomic E-state index is 0. The van der Waals surface area contributed by atoms with Crippen LogP contribution in [-0.2, 0) is 21.7 Å². The van der Waals surface area contributed by atoms with Crippen LogP contribution in [0.25, 0.3) is 33.2 Å². The first-order valence-electron chi connectivity index (χ1n) is 13.8. The van der Waals surface area contributed by atoms with Crippen molar-refractivity contribution in [1.82, 2.24) is 9.13 Å². The second kappa shape index (κ2) is 16.4. The van der Waals surface area contributed by atoms with Crippen LogP contribution in [0.2, 0.25) is 0 Å². The van der Waals surface area contributed by atoms with Crippen molar-refractivity contribution in [2.24, 2.45) is 0 Å². The minimum atomic E-state index is -0.692. The van der Waals surface area contributed by atoms with Crippen molar-refractivity contribution in [3.63, 3.8) is 0 Å². The van der Waals surface area contributed by atoms with Crippen LogP contribution in [0.4, 0.5) is 17.6 Å². The zero-order chi connectivity index (χ0) is 30.7. The van der Waals surface area contributed by atoms with E-state index in [4.69, 9.17) is 0 Å². The maximum atomic E-state index is 13.6. The van der Waals surface area contributed by atoms with Crippen molar-refractivity contribution in [2.75, 3.05) is 0 Å². The molecular weight excluding hydrogens is 608 g/mol. The Bertz CT molecular complexity index is 1820. The standard InChI is InChI=1S/2C14H8F2N.2C5H5.Ti/c2*15-11-5-6-14(12(16)9-11)17-8-7-10-3-1-2-4-13(10)17;2*1-2-4-5-3-1;/h2*1-8H;2*1-3H,4H2;/q4*-1;+4. The van der Waals surface area contributed by atoms with Crippen molar-refractivity contribution >= 4 is 21.8 Å². The molecule has 0 radical (unpaired) electrons. The Balaban J connectivity index is 0.000000154. The van der Waals surface area contributed by atoms with Crippen molar-refractivity contribution in [3.8, 4) is 11.4 Å². The first-order chi connectivity index (χ1) is 21.5. The fraction of sp³-hybridized carbons (Fsp3) is 0.0526. The fourth-order valence-corrected chi connectivity index (χ4v) is 4.51. The monoisotopic (exact) mass is 634 g/mol. The van der Waals surface area contributed by atoms with Crippen LogP contribution in [0, 0.1) is 47.6 Å². The number of aromatic nitrogens is 2. The van der Waals surface area contributed by atoms with Crippen molar-refractivity contribution < 1.29 is 39.3 Å². The van der Waals surface area contributed by atoms with Gasteiger partial charge in [0.25, 0.3) is 0 Å². The number of hydrogen-bond donors (Lipinski definition) is 0. The van der Waals surface area contributed by atoms with Crippen molar-refractivity contribution in [1.29, 1.82) is 0 Å². The zero-order valence-electron chi connectivity index (χ0n) is 24.0. The van der Waals surface area contributed by atoms with Gasteiger partial charge in [0.05, 0.1) is 0 Å². The van der Waals surface area contributed by atoms with Gasteiger partial charge in [0.15, 0.2) is 0 Å². The van der Waals surface area contributed by atoms with E-state index in [9.17, 15) is 17.6 Å². The van der Waals surface area contributed by atoms with Gasteiger partial charge in [-0.1, -0.05) is 36.4 Å². The Morgan fingerprint density at radius 3 is 1.27 bits per heavy atom. The molecule has 6 aromatic rings. The smallest absolute Gasteiger partial charge is 0.368 e. The number of benzene rings is 4. The minimum Gasteiger partial charge on any atom is -0.368 e. The summed E-state index contributed by atoms with van der Waals surface area (Å²) in [6, 6.07) is 28.3. The third-order valence-corrected chi connectivity index (χ3v) is 6.57. The number of para-hydroxylation sites is 2. The maximum Gasteiger partial charge on any atom is 4.00 e. The van der Waals surface area contributed by atoms with Crippen LogP contribution in [0.3, 0.4) is 0 Å². The molecule has 0 bridgehead atoms. The molecule has 8 rings (SSSR count). The molecule has 2 heterocycles. The fourth-order valence-electron chi connectivity index (χ4n) is 4.51. The summed E-state index contributed by atoms with van der Waals surface area (Å²) in [5.74, 6) is -2.76. The van der Waals surface area contributed by atoms with Gasteiger partial charge in [0.1, 0.15) is 0 Å². The van der Waals surface area contributed by atoms with Gasteiger partial charge in [-0.3, -0.25) is 12.2 Å². The summed E-state index contributed by atoms with van der Waals surface area (Å²) in [6.07, 6.45) is 23.5. The van der Waals surface area contributed by atoms with Gasteiger partial charge in [-0.15, -0.1) is 49.2 Å². The SMILES string of the molecule is Fc1[c-]c(F)c(-n2ccc3ccccc32)cc1.Fc1[c-]c(F)c(-n2ccc3ccccc32)cc1.[C-]1=CC=CC1.[C-]1=CC=CC1.[Ti+4]. The topological polar surface area (TPSA) is 9.86 Å². The number of nitrogens with zero attached hydrogens (tertiary/aromatic N) is 2. The Hall–Kier alpha value is -4.65. The number of hydrogen-bond acceptors (Lipinski definition) is 0. The summed E-state index contributed by atoms with van der Waals surface area (Å²) >= 11 is 0. The van der Waals surface area contributed by atoms with Gasteiger partial charge in [-0.2, -0.15) is 12.2 Å². The van der Waals surface area contributed by atoms with Gasteiger partial charge in [0.2, 0.25) is 0 Å². The van der Waals surface area contributed by atoms with Gasteiger partial charge < -0.3 is 9.13 Å². The Labute approximate surface area is 274 Å². The van der Waals surface area contributed by atoms with Crippen LogP contribution in [0.15, 0.2) is 134 Å². The molecule has 2 aliphatic carbocycles. The molecule has 7 heteroatoms. The van der Waals surface area contributed by atoms with E-state index in [1.165, 1.54) is 24.3 Å². The summed E-state index contributed by atoms with van der Waals surface area (Å²) in [5, 5.41) is 2.02. The number of allylic oxidation sites excluding steroid dienone is 8. The third-order valence-electron chi connectivity index (χ3n) is 6.57. The quantitative estimate of drug-likeness (QED) is 0.102. The van der Waals surface area contributed by atoms with Gasteiger partial charge >= 0.3 is 21.7 Å². The summed E-state index contributed by atoms with van der Waals surface area (Å²) < 4.78 is 56.2. The molecule has 4 aromatic carbocycles. The molecule has 0 atom stereocenters. The Kier molecular flexibility index (Phi) is 12.1. The molecule has 0 amide bonds. The third kappa shape index (κ3) is 8.72. The Morgan fingerprint density at radius 1 is 0.511 bits per heavy atom. The molecule has 0 unspecified atom stereocenters. The molecule has 0 fully saturated rings. The van der Waals surface area contributed by atoms with E-state index in [2.05, 4.69) is 24.3 Å². The van der Waals surface area contributed by atoms with Crippen molar-refractivity contribution in [2.45, 2.75) is 12.8 Å². The average Bonchev–Trinajstić information content (AvgIpc) is 3.87. The van der Waals surface area contributed by atoms with E-state index in [0.717, 1.165) is 34.6 Å². The van der Waals surface area contributed by atoms with Gasteiger partial charge in [-0.25, -0.2) is 41.9 Å². The van der Waals surface area contributed by atoms with Gasteiger partial charge in [0, 0.05) is 34.3 Å². The van der Waals surface area contributed by atoms with Crippen LogP contribution in [0.1, 0.15) is 12.8 Å². The maximum absolute atomic E-state index is 13.6. The molecule has 0 aliphatic heterocycles. The van der Waals surface area contributed by atoms with E-state index >= 15 is 0 Å². The van der Waals surface area contributed by atoms with Crippen molar-refractivity contribution in [3.05, 3.63) is 181 Å². The molecule has 220 valence electrons. The largest absolute Gasteiger partial charge is 4.00 e. The summed E-state index contributed by atoms with van der Waals surface area (Å²) in [7, 11) is 0. The molecule has 2 nitrogen and oxygen atoms in total.